The van der Waals surface area contributed by atoms with E-state index in [1.165, 1.54) is 11.1 Å². The lowest BCUT2D eigenvalue weighted by Gasteiger charge is -2.15. The Labute approximate surface area is 108 Å². The molecule has 1 aromatic carbocycles. The van der Waals surface area contributed by atoms with E-state index in [1.54, 1.807) is 7.11 Å². The average molecular weight is 250 g/mol. The Bertz CT molecular complexity index is 384. The van der Waals surface area contributed by atoms with Crippen LogP contribution in [-0.4, -0.2) is 31.5 Å². The number of rotatable bonds is 6. The summed E-state index contributed by atoms with van der Waals surface area (Å²) in [5.74, 6) is 0. The molecule has 1 aliphatic rings. The van der Waals surface area contributed by atoms with E-state index in [1.807, 2.05) is 12.1 Å². The van der Waals surface area contributed by atoms with E-state index < -0.39 is 6.10 Å². The number of fused-ring (bicyclic) bond motifs is 1. The monoisotopic (exact) mass is 250 g/mol. The largest absolute Gasteiger partial charge is 0.391 e. The zero-order valence-corrected chi connectivity index (χ0v) is 10.8. The third-order valence-electron chi connectivity index (χ3n) is 3.49. The highest BCUT2D eigenvalue weighted by atomic mass is 16.5. The molecule has 4 N–H and O–H groups in total. The van der Waals surface area contributed by atoms with E-state index in [9.17, 15) is 5.11 Å². The fourth-order valence-electron chi connectivity index (χ4n) is 2.57. The van der Waals surface area contributed by atoms with Crippen molar-refractivity contribution in [3.05, 3.63) is 35.4 Å². The summed E-state index contributed by atoms with van der Waals surface area (Å²) in [6, 6.07) is 8.75. The highest BCUT2D eigenvalue weighted by molar-refractivity contribution is 5.37. The molecule has 0 aromatic heterocycles. The topological polar surface area (TPSA) is 67.5 Å². The summed E-state index contributed by atoms with van der Waals surface area (Å²) < 4.78 is 4.90. The van der Waals surface area contributed by atoms with E-state index in [0.29, 0.717) is 19.1 Å². The molecule has 2 rings (SSSR count). The molecule has 4 heteroatoms. The van der Waals surface area contributed by atoms with Gasteiger partial charge in [-0.05, 0) is 30.5 Å². The van der Waals surface area contributed by atoms with Gasteiger partial charge in [0, 0.05) is 19.2 Å². The minimum atomic E-state index is -0.396. The van der Waals surface area contributed by atoms with Gasteiger partial charge in [-0.15, -0.1) is 0 Å². The van der Waals surface area contributed by atoms with Crippen LogP contribution in [0.4, 0.5) is 0 Å². The Morgan fingerprint density at radius 1 is 1.44 bits per heavy atom. The molecule has 3 unspecified atom stereocenters. The van der Waals surface area contributed by atoms with Gasteiger partial charge in [0.2, 0.25) is 0 Å². The second-order valence-electron chi connectivity index (χ2n) is 4.88. The van der Waals surface area contributed by atoms with E-state index in [0.717, 1.165) is 13.0 Å². The number of nitrogens with two attached hydrogens (primary N) is 1. The molecule has 0 bridgehead atoms. The molecule has 0 aliphatic heterocycles. The number of hydrogen-bond donors (Lipinski definition) is 3. The Morgan fingerprint density at radius 3 is 2.89 bits per heavy atom. The van der Waals surface area contributed by atoms with Gasteiger partial charge in [0.05, 0.1) is 12.7 Å². The van der Waals surface area contributed by atoms with Crippen molar-refractivity contribution in [2.45, 2.75) is 31.0 Å². The maximum atomic E-state index is 9.58. The normalized spacial score (nSPS) is 23.9. The van der Waals surface area contributed by atoms with Crippen LogP contribution in [0.1, 0.15) is 36.1 Å². The molecule has 18 heavy (non-hydrogen) atoms. The van der Waals surface area contributed by atoms with Crippen LogP contribution < -0.4 is 11.1 Å². The molecule has 4 nitrogen and oxygen atoms in total. The average Bonchev–Trinajstić information content (AvgIpc) is 2.68. The summed E-state index contributed by atoms with van der Waals surface area (Å²) >= 11 is 0. The fraction of sp³-hybridized carbons (Fsp3) is 0.571. The molecule has 0 saturated heterocycles. The van der Waals surface area contributed by atoms with Gasteiger partial charge in [-0.1, -0.05) is 24.3 Å². The van der Waals surface area contributed by atoms with Crippen molar-refractivity contribution in [2.24, 2.45) is 5.73 Å². The number of benzene rings is 1. The SMILES string of the molecule is COCC(O)CCNC1CC(N)c2ccccc21. The molecule has 0 heterocycles. The zero-order valence-electron chi connectivity index (χ0n) is 10.8. The summed E-state index contributed by atoms with van der Waals surface area (Å²) in [5, 5.41) is 13.0. The Balaban J connectivity index is 1.85. The van der Waals surface area contributed by atoms with Crippen LogP contribution in [0.2, 0.25) is 0 Å². The van der Waals surface area contributed by atoms with Crippen LogP contribution in [0.5, 0.6) is 0 Å². The predicted molar refractivity (Wildman–Crippen MR) is 71.2 cm³/mol. The maximum absolute atomic E-state index is 9.58. The minimum Gasteiger partial charge on any atom is -0.391 e. The first-order valence-electron chi connectivity index (χ1n) is 6.47. The van der Waals surface area contributed by atoms with Crippen molar-refractivity contribution in [3.8, 4) is 0 Å². The highest BCUT2D eigenvalue weighted by Gasteiger charge is 2.27. The van der Waals surface area contributed by atoms with Gasteiger partial charge in [-0.2, -0.15) is 0 Å². The van der Waals surface area contributed by atoms with Gasteiger partial charge < -0.3 is 20.9 Å². The van der Waals surface area contributed by atoms with Crippen LogP contribution >= 0.6 is 0 Å². The standard InChI is InChI=1S/C14H22N2O2/c1-18-9-10(17)6-7-16-14-8-13(15)11-4-2-3-5-12(11)14/h2-5,10,13-14,16-17H,6-9,15H2,1H3. The number of hydrogen-bond acceptors (Lipinski definition) is 4. The lowest BCUT2D eigenvalue weighted by Crippen LogP contribution is -2.26. The summed E-state index contributed by atoms with van der Waals surface area (Å²) in [6.45, 7) is 1.17. The molecule has 0 amide bonds. The van der Waals surface area contributed by atoms with Crippen LogP contribution in [-0.2, 0) is 4.74 Å². The smallest absolute Gasteiger partial charge is 0.0785 e. The summed E-state index contributed by atoms with van der Waals surface area (Å²) in [4.78, 5) is 0. The molecule has 0 radical (unpaired) electrons. The van der Waals surface area contributed by atoms with Gasteiger partial charge in [0.15, 0.2) is 0 Å². The molecule has 0 saturated carbocycles. The quantitative estimate of drug-likeness (QED) is 0.707. The van der Waals surface area contributed by atoms with Crippen LogP contribution in [0.25, 0.3) is 0 Å². The Morgan fingerprint density at radius 2 is 2.17 bits per heavy atom. The van der Waals surface area contributed by atoms with Gasteiger partial charge >= 0.3 is 0 Å². The molecule has 1 aromatic rings. The first-order valence-corrected chi connectivity index (χ1v) is 6.47. The minimum absolute atomic E-state index is 0.127. The number of aliphatic hydroxyl groups is 1. The molecule has 0 spiro atoms. The van der Waals surface area contributed by atoms with Crippen LogP contribution in [0.3, 0.4) is 0 Å². The van der Waals surface area contributed by atoms with E-state index in [-0.39, 0.29) is 6.04 Å². The third-order valence-corrected chi connectivity index (χ3v) is 3.49. The predicted octanol–water partition coefficient (Wildman–Crippen LogP) is 1.12. The van der Waals surface area contributed by atoms with Crippen molar-refractivity contribution in [2.75, 3.05) is 20.3 Å². The van der Waals surface area contributed by atoms with Gasteiger partial charge in [0.25, 0.3) is 0 Å². The molecule has 3 atom stereocenters. The lowest BCUT2D eigenvalue weighted by atomic mass is 10.1. The third kappa shape index (κ3) is 3.09. The Hall–Kier alpha value is -0.940. The summed E-state index contributed by atoms with van der Waals surface area (Å²) in [6.07, 6.45) is 1.23. The lowest BCUT2D eigenvalue weighted by molar-refractivity contribution is 0.0589. The second kappa shape index (κ2) is 6.29. The number of aliphatic hydroxyl groups excluding tert-OH is 1. The van der Waals surface area contributed by atoms with Crippen molar-refractivity contribution >= 4 is 0 Å². The van der Waals surface area contributed by atoms with Gasteiger partial charge in [-0.25, -0.2) is 0 Å². The van der Waals surface area contributed by atoms with Crippen molar-refractivity contribution in [3.63, 3.8) is 0 Å². The highest BCUT2D eigenvalue weighted by Crippen LogP contribution is 2.36. The maximum Gasteiger partial charge on any atom is 0.0785 e. The number of ether oxygens (including phenoxy) is 1. The van der Waals surface area contributed by atoms with Gasteiger partial charge in [0.1, 0.15) is 0 Å². The molecule has 0 fully saturated rings. The van der Waals surface area contributed by atoms with Crippen molar-refractivity contribution < 1.29 is 9.84 Å². The van der Waals surface area contributed by atoms with Crippen molar-refractivity contribution in [1.82, 2.24) is 5.32 Å². The van der Waals surface area contributed by atoms with Crippen LogP contribution in [0.15, 0.2) is 24.3 Å². The van der Waals surface area contributed by atoms with Crippen molar-refractivity contribution in [1.29, 1.82) is 0 Å². The molecule has 1 aliphatic carbocycles. The van der Waals surface area contributed by atoms with E-state index in [2.05, 4.69) is 17.4 Å². The number of nitrogens with one attached hydrogen (secondary N) is 1. The fourth-order valence-corrected chi connectivity index (χ4v) is 2.57. The molecular formula is C14H22N2O2. The van der Waals surface area contributed by atoms with Crippen LogP contribution in [0, 0.1) is 0 Å². The van der Waals surface area contributed by atoms with E-state index >= 15 is 0 Å². The first kappa shape index (κ1) is 13.5. The second-order valence-corrected chi connectivity index (χ2v) is 4.88. The first-order chi connectivity index (χ1) is 8.72. The number of methoxy groups -OCH3 is 1. The van der Waals surface area contributed by atoms with Gasteiger partial charge in [-0.3, -0.25) is 0 Å². The summed E-state index contributed by atoms with van der Waals surface area (Å²) in [5.41, 5.74) is 8.65. The Kier molecular flexibility index (Phi) is 4.72. The summed E-state index contributed by atoms with van der Waals surface area (Å²) in [7, 11) is 1.60. The zero-order chi connectivity index (χ0) is 13.0. The molecular weight excluding hydrogens is 228 g/mol. The molecule has 100 valence electrons. The van der Waals surface area contributed by atoms with E-state index in [4.69, 9.17) is 10.5 Å².